The van der Waals surface area contributed by atoms with E-state index in [4.69, 9.17) is 4.74 Å². The van der Waals surface area contributed by atoms with Crippen LogP contribution in [0, 0.1) is 5.82 Å². The van der Waals surface area contributed by atoms with Crippen LogP contribution in [-0.4, -0.2) is 51.5 Å². The maximum absolute atomic E-state index is 13.4. The first kappa shape index (κ1) is 20.1. The molecule has 3 aliphatic heterocycles. The number of rotatable bonds is 4. The lowest BCUT2D eigenvalue weighted by Gasteiger charge is -2.27. The van der Waals surface area contributed by atoms with Crippen molar-refractivity contribution in [1.82, 2.24) is 19.2 Å². The minimum atomic E-state index is -0.316. The third kappa shape index (κ3) is 3.80. The van der Waals surface area contributed by atoms with Gasteiger partial charge in [-0.25, -0.2) is 4.39 Å². The minimum absolute atomic E-state index is 0.190. The average molecular weight is 432 g/mol. The van der Waals surface area contributed by atoms with Gasteiger partial charge in [-0.3, -0.25) is 9.59 Å². The van der Waals surface area contributed by atoms with Gasteiger partial charge in [-0.1, -0.05) is 30.3 Å². The number of carbonyl (C=O) groups excluding carboxylic acids is 1. The van der Waals surface area contributed by atoms with Gasteiger partial charge in [0.05, 0.1) is 30.0 Å². The second kappa shape index (κ2) is 8.39. The Labute approximate surface area is 183 Å². The van der Waals surface area contributed by atoms with Crippen molar-refractivity contribution in [2.24, 2.45) is 0 Å². The Kier molecular flexibility index (Phi) is 5.28. The maximum Gasteiger partial charge on any atom is 0.282 e. The van der Waals surface area contributed by atoms with Crippen molar-refractivity contribution < 1.29 is 13.9 Å². The van der Waals surface area contributed by atoms with E-state index < -0.39 is 0 Å². The van der Waals surface area contributed by atoms with E-state index in [-0.39, 0.29) is 17.3 Å². The molecule has 0 atom stereocenters. The van der Waals surface area contributed by atoms with E-state index in [1.54, 1.807) is 46.1 Å². The zero-order chi connectivity index (χ0) is 22.1. The van der Waals surface area contributed by atoms with Gasteiger partial charge in [-0.05, 0) is 29.8 Å². The molecule has 5 rings (SSSR count). The zero-order valence-corrected chi connectivity index (χ0v) is 17.3. The fraction of sp³-hybridized carbons (Fsp3) is 0.208. The van der Waals surface area contributed by atoms with Gasteiger partial charge in [-0.2, -0.15) is 9.78 Å². The predicted molar refractivity (Wildman–Crippen MR) is 117 cm³/mol. The Hall–Kier alpha value is -3.78. The van der Waals surface area contributed by atoms with Crippen molar-refractivity contribution in [2.45, 2.75) is 6.54 Å². The molecule has 2 aromatic carbocycles. The Morgan fingerprint density at radius 1 is 1.00 bits per heavy atom. The molecule has 0 saturated carbocycles. The van der Waals surface area contributed by atoms with E-state index in [9.17, 15) is 14.0 Å². The van der Waals surface area contributed by atoms with Gasteiger partial charge >= 0.3 is 0 Å². The van der Waals surface area contributed by atoms with E-state index >= 15 is 0 Å². The van der Waals surface area contributed by atoms with Crippen LogP contribution in [0.1, 0.15) is 15.9 Å². The Morgan fingerprint density at radius 3 is 2.44 bits per heavy atom. The summed E-state index contributed by atoms with van der Waals surface area (Å²) >= 11 is 0. The van der Waals surface area contributed by atoms with Crippen LogP contribution in [0.25, 0.3) is 16.9 Å². The van der Waals surface area contributed by atoms with E-state index in [1.807, 2.05) is 18.2 Å². The third-order valence-electron chi connectivity index (χ3n) is 5.53. The van der Waals surface area contributed by atoms with Crippen LogP contribution in [0.15, 0.2) is 71.8 Å². The highest BCUT2D eigenvalue weighted by Crippen LogP contribution is 2.24. The monoisotopic (exact) mass is 432 g/mol. The number of morpholine rings is 1. The molecule has 3 aliphatic rings. The number of aromatic nitrogens is 3. The molecule has 162 valence electrons. The molecule has 2 aromatic rings. The predicted octanol–water partition coefficient (Wildman–Crippen LogP) is 2.80. The van der Waals surface area contributed by atoms with Gasteiger partial charge in [0, 0.05) is 32.0 Å². The van der Waals surface area contributed by atoms with Crippen molar-refractivity contribution in [3.8, 4) is 16.9 Å². The highest BCUT2D eigenvalue weighted by molar-refractivity contribution is 6.00. The molecular weight excluding hydrogens is 411 g/mol. The Bertz CT molecular complexity index is 1280. The first-order valence-corrected chi connectivity index (χ1v) is 10.4. The van der Waals surface area contributed by atoms with Crippen LogP contribution >= 0.6 is 0 Å². The number of pyridine rings is 1. The quantitative estimate of drug-likeness (QED) is 0.497. The fourth-order valence-electron chi connectivity index (χ4n) is 3.89. The van der Waals surface area contributed by atoms with Crippen LogP contribution in [0.5, 0.6) is 0 Å². The summed E-state index contributed by atoms with van der Waals surface area (Å²) in [6, 6.07) is 15.3. The highest BCUT2D eigenvalue weighted by atomic mass is 19.1. The fourth-order valence-corrected chi connectivity index (χ4v) is 3.89. The summed E-state index contributed by atoms with van der Waals surface area (Å²) in [6.45, 7) is 2.30. The van der Waals surface area contributed by atoms with Crippen molar-refractivity contribution >= 4 is 5.91 Å². The highest BCUT2D eigenvalue weighted by Gasteiger charge is 2.28. The molecule has 0 unspecified atom stereocenters. The van der Waals surface area contributed by atoms with Crippen molar-refractivity contribution in [2.75, 3.05) is 26.3 Å². The second-order valence-corrected chi connectivity index (χ2v) is 7.69. The molecule has 8 heteroatoms. The number of hydrogen-bond acceptors (Lipinski definition) is 4. The first-order valence-electron chi connectivity index (χ1n) is 10.4. The van der Waals surface area contributed by atoms with Crippen molar-refractivity contribution in [3.05, 3.63) is 94.3 Å². The lowest BCUT2D eigenvalue weighted by Crippen LogP contribution is -2.41. The topological polar surface area (TPSA) is 69.4 Å². The average Bonchev–Trinajstić information content (AvgIpc) is 3.17. The van der Waals surface area contributed by atoms with Crippen LogP contribution in [0.4, 0.5) is 4.39 Å². The van der Waals surface area contributed by atoms with E-state index in [0.717, 1.165) is 5.56 Å². The first-order chi connectivity index (χ1) is 15.6. The summed E-state index contributed by atoms with van der Waals surface area (Å²) in [5, 5.41) is 4.52. The number of nitrogens with zero attached hydrogens (tertiary/aromatic N) is 4. The normalized spacial score (nSPS) is 14.1. The summed E-state index contributed by atoms with van der Waals surface area (Å²) in [4.78, 5) is 28.3. The molecule has 0 aliphatic carbocycles. The summed E-state index contributed by atoms with van der Waals surface area (Å²) < 4.78 is 21.8. The Morgan fingerprint density at radius 2 is 1.72 bits per heavy atom. The van der Waals surface area contributed by atoms with Gasteiger partial charge in [0.1, 0.15) is 11.5 Å². The summed E-state index contributed by atoms with van der Waals surface area (Å²) in [5.41, 5.74) is 2.27. The van der Waals surface area contributed by atoms with Gasteiger partial charge < -0.3 is 14.2 Å². The molecule has 0 bridgehead atoms. The lowest BCUT2D eigenvalue weighted by atomic mass is 10.1. The SMILES string of the molecule is O=C(c1cn(Cc2ccc(F)cc2)cc2c(=O)n(-c3ccccc3)nc1-2)N1CCOCC1. The standard InChI is InChI=1S/C24H21FN4O3/c25-18-8-6-17(7-9-18)14-27-15-20(23(30)28-10-12-32-13-11-28)22-21(16-27)24(31)29(26-22)19-4-2-1-3-5-19/h1-9,15-16H,10-14H2. The molecule has 7 nitrogen and oxygen atoms in total. The molecule has 1 amide bonds. The van der Waals surface area contributed by atoms with Crippen molar-refractivity contribution in [1.29, 1.82) is 0 Å². The number of para-hydroxylation sites is 1. The number of halogens is 1. The number of ether oxygens (including phenoxy) is 1. The molecule has 3 heterocycles. The number of benzene rings is 2. The van der Waals surface area contributed by atoms with E-state index in [0.29, 0.717) is 55.4 Å². The van der Waals surface area contributed by atoms with Crippen LogP contribution < -0.4 is 5.56 Å². The molecule has 1 saturated heterocycles. The number of amides is 1. The van der Waals surface area contributed by atoms with Crippen LogP contribution in [0.3, 0.4) is 0 Å². The van der Waals surface area contributed by atoms with Gasteiger partial charge in [-0.15, -0.1) is 0 Å². The smallest absolute Gasteiger partial charge is 0.282 e. The van der Waals surface area contributed by atoms with Gasteiger partial charge in [0.25, 0.3) is 11.5 Å². The number of carbonyl (C=O) groups is 1. The van der Waals surface area contributed by atoms with E-state index in [2.05, 4.69) is 5.10 Å². The van der Waals surface area contributed by atoms with E-state index in [1.165, 1.54) is 16.8 Å². The van der Waals surface area contributed by atoms with Crippen LogP contribution in [-0.2, 0) is 11.3 Å². The van der Waals surface area contributed by atoms with Gasteiger partial charge in [0.15, 0.2) is 0 Å². The molecule has 0 radical (unpaired) electrons. The van der Waals surface area contributed by atoms with Crippen LogP contribution in [0.2, 0.25) is 0 Å². The molecule has 0 spiro atoms. The summed E-state index contributed by atoms with van der Waals surface area (Å²) in [6.07, 6.45) is 3.41. The summed E-state index contributed by atoms with van der Waals surface area (Å²) in [5.74, 6) is -0.507. The second-order valence-electron chi connectivity index (χ2n) is 7.69. The van der Waals surface area contributed by atoms with Gasteiger partial charge in [0.2, 0.25) is 0 Å². The molecule has 32 heavy (non-hydrogen) atoms. The molecule has 1 fully saturated rings. The number of hydrogen-bond donors (Lipinski definition) is 0. The summed E-state index contributed by atoms with van der Waals surface area (Å²) in [7, 11) is 0. The Balaban J connectivity index is 1.63. The number of fused-ring (bicyclic) bond motifs is 1. The third-order valence-corrected chi connectivity index (χ3v) is 5.53. The lowest BCUT2D eigenvalue weighted by molar-refractivity contribution is 0.0302. The molecule has 0 N–H and O–H groups in total. The largest absolute Gasteiger partial charge is 0.378 e. The van der Waals surface area contributed by atoms with Crippen molar-refractivity contribution in [3.63, 3.8) is 0 Å². The molecular formula is C24H21FN4O3. The maximum atomic E-state index is 13.4. The zero-order valence-electron chi connectivity index (χ0n) is 17.3. The molecule has 0 aromatic heterocycles. The minimum Gasteiger partial charge on any atom is -0.378 e.